The highest BCUT2D eigenvalue weighted by Gasteiger charge is 2.71. The highest BCUT2D eigenvalue weighted by atomic mass is 16.5. The van der Waals surface area contributed by atoms with Crippen molar-refractivity contribution in [2.45, 2.75) is 104 Å². The van der Waals surface area contributed by atoms with Gasteiger partial charge in [-0.15, -0.1) is 0 Å². The minimum absolute atomic E-state index is 0.00185. The van der Waals surface area contributed by atoms with E-state index in [0.717, 1.165) is 50.5 Å². The summed E-state index contributed by atoms with van der Waals surface area (Å²) in [6, 6.07) is 0. The molecule has 0 saturated heterocycles. The molecule has 5 aliphatic rings. The molecule has 202 valence electrons. The second-order valence-corrected chi connectivity index (χ2v) is 14.3. The van der Waals surface area contributed by atoms with Crippen LogP contribution in [0.5, 0.6) is 0 Å². The SMILES string of the molecule is C=C1CC[C@]2(C(=O)OC)CC[C@]3(C)C(=CC[C@@H]4[C@@]5(C)CC[C@@H](O)[C@](C)(CO)[C@@H]5CC[C@]43C)[C@@H]2[C@]1(C)O. The van der Waals surface area contributed by atoms with Gasteiger partial charge in [0.15, 0.2) is 0 Å². The Labute approximate surface area is 217 Å². The van der Waals surface area contributed by atoms with Crippen LogP contribution in [0.25, 0.3) is 0 Å². The first-order valence-electron chi connectivity index (χ1n) is 14.2. The fraction of sp³-hybridized carbons (Fsp3) is 0.839. The number of aliphatic hydroxyl groups is 3. The Morgan fingerprint density at radius 1 is 1.06 bits per heavy atom. The van der Waals surface area contributed by atoms with Gasteiger partial charge >= 0.3 is 5.97 Å². The summed E-state index contributed by atoms with van der Waals surface area (Å²) in [7, 11) is 1.48. The molecule has 4 saturated carbocycles. The third kappa shape index (κ3) is 2.91. The average Bonchev–Trinajstić information content (AvgIpc) is 2.84. The molecule has 5 heteroatoms. The predicted molar refractivity (Wildman–Crippen MR) is 140 cm³/mol. The number of allylic oxidation sites excluding steroid dienone is 1. The number of rotatable bonds is 2. The van der Waals surface area contributed by atoms with Crippen molar-refractivity contribution in [3.8, 4) is 0 Å². The van der Waals surface area contributed by atoms with Crippen molar-refractivity contribution in [1.82, 2.24) is 0 Å². The topological polar surface area (TPSA) is 87.0 Å². The lowest BCUT2D eigenvalue weighted by Gasteiger charge is -2.71. The van der Waals surface area contributed by atoms with Crippen LogP contribution in [0.3, 0.4) is 0 Å². The number of hydrogen-bond acceptors (Lipinski definition) is 5. The molecule has 0 unspecified atom stereocenters. The first kappa shape index (κ1) is 26.4. The molecule has 0 heterocycles. The van der Waals surface area contributed by atoms with E-state index in [-0.39, 0.29) is 40.7 Å². The van der Waals surface area contributed by atoms with Gasteiger partial charge in [0.1, 0.15) is 0 Å². The molecule has 0 spiro atoms. The number of carbonyl (C=O) groups is 1. The second kappa shape index (κ2) is 7.93. The first-order valence-corrected chi connectivity index (χ1v) is 14.2. The Bertz CT molecular complexity index is 999. The van der Waals surface area contributed by atoms with Crippen LogP contribution < -0.4 is 0 Å². The summed E-state index contributed by atoms with van der Waals surface area (Å²) in [6.07, 6.45) is 9.48. The van der Waals surface area contributed by atoms with Gasteiger partial charge in [0.2, 0.25) is 0 Å². The van der Waals surface area contributed by atoms with Gasteiger partial charge in [-0.05, 0) is 98.4 Å². The fourth-order valence-electron chi connectivity index (χ4n) is 10.8. The second-order valence-electron chi connectivity index (χ2n) is 14.3. The molecule has 0 radical (unpaired) electrons. The monoisotopic (exact) mass is 500 g/mol. The molecule has 4 fully saturated rings. The Balaban J connectivity index is 1.64. The van der Waals surface area contributed by atoms with Crippen LogP contribution in [0.1, 0.15) is 92.4 Å². The van der Waals surface area contributed by atoms with Crippen LogP contribution in [0.2, 0.25) is 0 Å². The number of fused-ring (bicyclic) bond motifs is 7. The molecule has 0 bridgehead atoms. The molecule has 0 amide bonds. The molecule has 0 aromatic rings. The van der Waals surface area contributed by atoms with E-state index in [9.17, 15) is 20.1 Å². The molecule has 5 rings (SSSR count). The molecule has 0 aromatic carbocycles. The minimum Gasteiger partial charge on any atom is -0.469 e. The number of aliphatic hydroxyl groups excluding tert-OH is 2. The quantitative estimate of drug-likeness (QED) is 0.359. The number of ether oxygens (including phenoxy) is 1. The highest BCUT2D eigenvalue weighted by Crippen LogP contribution is 2.76. The summed E-state index contributed by atoms with van der Waals surface area (Å²) in [5, 5.41) is 33.3. The van der Waals surface area contributed by atoms with Crippen LogP contribution >= 0.6 is 0 Å². The van der Waals surface area contributed by atoms with Crippen molar-refractivity contribution < 1.29 is 24.9 Å². The summed E-state index contributed by atoms with van der Waals surface area (Å²) in [5.74, 6) is 0.173. The van der Waals surface area contributed by atoms with Crippen molar-refractivity contribution in [2.75, 3.05) is 13.7 Å². The number of hydrogen-bond donors (Lipinski definition) is 3. The molecule has 0 aliphatic heterocycles. The maximum absolute atomic E-state index is 13.4. The highest BCUT2D eigenvalue weighted by molar-refractivity contribution is 5.79. The smallest absolute Gasteiger partial charge is 0.312 e. The van der Waals surface area contributed by atoms with E-state index in [1.165, 1.54) is 12.7 Å². The number of methoxy groups -OCH3 is 1. The van der Waals surface area contributed by atoms with Crippen molar-refractivity contribution in [2.24, 2.45) is 44.8 Å². The maximum Gasteiger partial charge on any atom is 0.312 e. The van der Waals surface area contributed by atoms with Crippen LogP contribution in [-0.2, 0) is 9.53 Å². The minimum atomic E-state index is -1.16. The van der Waals surface area contributed by atoms with Crippen LogP contribution in [0.4, 0.5) is 0 Å². The van der Waals surface area contributed by atoms with Crippen LogP contribution in [0, 0.1) is 44.8 Å². The lowest BCUT2D eigenvalue weighted by molar-refractivity contribution is -0.220. The normalized spacial score (nSPS) is 54.4. The molecule has 10 atom stereocenters. The Morgan fingerprint density at radius 3 is 2.39 bits per heavy atom. The van der Waals surface area contributed by atoms with Crippen molar-refractivity contribution in [1.29, 1.82) is 0 Å². The summed E-state index contributed by atoms with van der Waals surface area (Å²) >= 11 is 0. The fourth-order valence-corrected chi connectivity index (χ4v) is 10.8. The van der Waals surface area contributed by atoms with E-state index in [1.807, 2.05) is 6.92 Å². The summed E-state index contributed by atoms with van der Waals surface area (Å²) < 4.78 is 5.40. The predicted octanol–water partition coefficient (Wildman–Crippen LogP) is 5.19. The van der Waals surface area contributed by atoms with Gasteiger partial charge in [-0.3, -0.25) is 4.79 Å². The Morgan fingerprint density at radius 2 is 1.75 bits per heavy atom. The zero-order chi connectivity index (χ0) is 26.5. The molecule has 5 nitrogen and oxygen atoms in total. The van der Waals surface area contributed by atoms with E-state index >= 15 is 0 Å². The summed E-state index contributed by atoms with van der Waals surface area (Å²) in [4.78, 5) is 13.4. The Hall–Kier alpha value is -1.17. The Kier molecular flexibility index (Phi) is 5.82. The maximum atomic E-state index is 13.4. The molecule has 5 aliphatic carbocycles. The zero-order valence-electron chi connectivity index (χ0n) is 23.3. The third-order valence-corrected chi connectivity index (χ3v) is 13.3. The van der Waals surface area contributed by atoms with E-state index in [1.54, 1.807) is 0 Å². The van der Waals surface area contributed by atoms with E-state index in [2.05, 4.69) is 40.3 Å². The van der Waals surface area contributed by atoms with Gasteiger partial charge in [0.25, 0.3) is 0 Å². The lowest BCUT2D eigenvalue weighted by Crippen LogP contribution is -2.67. The van der Waals surface area contributed by atoms with E-state index in [0.29, 0.717) is 18.8 Å². The molecule has 36 heavy (non-hydrogen) atoms. The van der Waals surface area contributed by atoms with Gasteiger partial charge in [0.05, 0.1) is 30.8 Å². The van der Waals surface area contributed by atoms with Crippen molar-refractivity contribution >= 4 is 5.97 Å². The summed E-state index contributed by atoms with van der Waals surface area (Å²) in [6.45, 7) is 15.5. The third-order valence-electron chi connectivity index (χ3n) is 13.3. The molecular formula is C31H48O5. The standard InChI is InChI=1S/C31H48O5/c1-19-10-15-31(25(34)36-7)17-16-28(4)20(24(31)30(19,6)35)8-9-22-26(2)13-12-23(33)27(3,18-32)21(26)11-14-29(22,28)5/h8,21-24,32-33,35H,1,9-18H2,2-7H3/t21-,22-,23-,24-,26+,27-,28-,29-,30-,31+/m1/s1. The van der Waals surface area contributed by atoms with Crippen molar-refractivity contribution in [3.05, 3.63) is 23.8 Å². The lowest BCUT2D eigenvalue weighted by atomic mass is 9.33. The van der Waals surface area contributed by atoms with Gasteiger partial charge in [-0.1, -0.05) is 45.9 Å². The number of esters is 1. The van der Waals surface area contributed by atoms with Crippen LogP contribution in [-0.4, -0.2) is 46.7 Å². The number of carbonyl (C=O) groups excluding carboxylic acids is 1. The largest absolute Gasteiger partial charge is 0.469 e. The van der Waals surface area contributed by atoms with Gasteiger partial charge in [0, 0.05) is 11.3 Å². The van der Waals surface area contributed by atoms with Gasteiger partial charge < -0.3 is 20.1 Å². The summed E-state index contributed by atoms with van der Waals surface area (Å²) in [5.41, 5.74) is -0.418. The van der Waals surface area contributed by atoms with Gasteiger partial charge in [-0.25, -0.2) is 0 Å². The van der Waals surface area contributed by atoms with E-state index < -0.39 is 22.5 Å². The first-order chi connectivity index (χ1) is 16.7. The molecule has 3 N–H and O–H groups in total. The average molecular weight is 501 g/mol. The van der Waals surface area contributed by atoms with Crippen molar-refractivity contribution in [3.63, 3.8) is 0 Å². The zero-order valence-corrected chi connectivity index (χ0v) is 23.3. The molecular weight excluding hydrogens is 452 g/mol. The van der Waals surface area contributed by atoms with E-state index in [4.69, 9.17) is 4.74 Å². The van der Waals surface area contributed by atoms with Crippen LogP contribution in [0.15, 0.2) is 23.8 Å². The molecule has 0 aromatic heterocycles. The van der Waals surface area contributed by atoms with Gasteiger partial charge in [-0.2, -0.15) is 0 Å².